The van der Waals surface area contributed by atoms with Gasteiger partial charge >= 0.3 is 0 Å². The van der Waals surface area contributed by atoms with Gasteiger partial charge in [0, 0.05) is 11.9 Å². The number of hydrogen-bond donors (Lipinski definition) is 2. The molecule has 0 saturated heterocycles. The van der Waals surface area contributed by atoms with Crippen LogP contribution in [0.4, 0.5) is 5.69 Å². The van der Waals surface area contributed by atoms with E-state index in [1.165, 1.54) is 11.8 Å². The lowest BCUT2D eigenvalue weighted by atomic mass is 10.1. The Kier molecular flexibility index (Phi) is 6.37. The average Bonchev–Trinajstić information content (AvgIpc) is 2.55. The summed E-state index contributed by atoms with van der Waals surface area (Å²) in [4.78, 5) is 28.0. The Hall–Kier alpha value is -2.34. The predicted molar refractivity (Wildman–Crippen MR) is 97.3 cm³/mol. The molecule has 5 nitrogen and oxygen atoms in total. The Morgan fingerprint density at radius 2 is 1.79 bits per heavy atom. The quantitative estimate of drug-likeness (QED) is 0.791. The lowest BCUT2D eigenvalue weighted by Crippen LogP contribution is -2.34. The first-order valence-electron chi connectivity index (χ1n) is 7.64. The molecule has 0 unspecified atom stereocenters. The number of aryl methyl sites for hydroxylation is 3. The molecule has 0 bridgehead atoms. The summed E-state index contributed by atoms with van der Waals surface area (Å²) in [6.45, 7) is 5.88. The number of aromatic nitrogens is 1. The van der Waals surface area contributed by atoms with Gasteiger partial charge in [0.15, 0.2) is 0 Å². The largest absolute Gasteiger partial charge is 0.346 e. The van der Waals surface area contributed by atoms with E-state index in [1.807, 2.05) is 51.1 Å². The number of amides is 2. The zero-order valence-electron chi connectivity index (χ0n) is 14.1. The molecular weight excluding hydrogens is 322 g/mol. The first-order valence-corrected chi connectivity index (χ1v) is 8.62. The van der Waals surface area contributed by atoms with E-state index in [2.05, 4.69) is 15.6 Å². The molecule has 0 aliphatic rings. The topological polar surface area (TPSA) is 71.1 Å². The maximum atomic E-state index is 12.0. The van der Waals surface area contributed by atoms with Gasteiger partial charge in [-0.2, -0.15) is 0 Å². The fourth-order valence-corrected chi connectivity index (χ4v) is 3.05. The SMILES string of the molecule is Cc1cc(C)c(NC(=O)CNC(=O)CSc2ccccn2)c(C)c1. The Balaban J connectivity index is 1.80. The molecule has 2 rings (SSSR count). The lowest BCUT2D eigenvalue weighted by molar-refractivity contribution is -0.122. The molecule has 0 aliphatic heterocycles. The van der Waals surface area contributed by atoms with E-state index in [-0.39, 0.29) is 24.1 Å². The molecule has 24 heavy (non-hydrogen) atoms. The molecule has 2 aromatic rings. The second kappa shape index (κ2) is 8.49. The van der Waals surface area contributed by atoms with Gasteiger partial charge in [-0.3, -0.25) is 9.59 Å². The maximum absolute atomic E-state index is 12.0. The smallest absolute Gasteiger partial charge is 0.243 e. The van der Waals surface area contributed by atoms with Crippen molar-refractivity contribution in [1.29, 1.82) is 0 Å². The van der Waals surface area contributed by atoms with Crippen LogP contribution < -0.4 is 10.6 Å². The number of anilines is 1. The Morgan fingerprint density at radius 1 is 1.08 bits per heavy atom. The van der Waals surface area contributed by atoms with E-state index in [1.54, 1.807) is 6.20 Å². The molecule has 126 valence electrons. The van der Waals surface area contributed by atoms with Crippen molar-refractivity contribution in [3.05, 3.63) is 53.2 Å². The van der Waals surface area contributed by atoms with Gasteiger partial charge in [0.1, 0.15) is 0 Å². The van der Waals surface area contributed by atoms with Crippen LogP contribution in [0.25, 0.3) is 0 Å². The molecule has 1 heterocycles. The standard InChI is InChI=1S/C18H21N3O2S/c1-12-8-13(2)18(14(3)9-12)21-15(22)10-20-16(23)11-24-17-6-4-5-7-19-17/h4-9H,10-11H2,1-3H3,(H,20,23)(H,21,22). The summed E-state index contributed by atoms with van der Waals surface area (Å²) < 4.78 is 0. The highest BCUT2D eigenvalue weighted by Crippen LogP contribution is 2.21. The van der Waals surface area contributed by atoms with Gasteiger partial charge in [-0.1, -0.05) is 35.5 Å². The van der Waals surface area contributed by atoms with Crippen LogP contribution in [0.1, 0.15) is 16.7 Å². The minimum atomic E-state index is -0.235. The van der Waals surface area contributed by atoms with Crippen molar-refractivity contribution in [3.63, 3.8) is 0 Å². The molecule has 2 amide bonds. The average molecular weight is 343 g/mol. The minimum Gasteiger partial charge on any atom is -0.346 e. The first kappa shape index (κ1) is 18.0. The molecule has 2 N–H and O–H groups in total. The summed E-state index contributed by atoms with van der Waals surface area (Å²) in [6, 6.07) is 9.57. The molecule has 1 aromatic heterocycles. The van der Waals surface area contributed by atoms with Crippen molar-refractivity contribution in [2.24, 2.45) is 0 Å². The van der Waals surface area contributed by atoms with Crippen molar-refractivity contribution in [2.75, 3.05) is 17.6 Å². The highest BCUT2D eigenvalue weighted by molar-refractivity contribution is 7.99. The molecule has 0 radical (unpaired) electrons. The summed E-state index contributed by atoms with van der Waals surface area (Å²) in [6.07, 6.45) is 1.68. The van der Waals surface area contributed by atoms with E-state index in [0.29, 0.717) is 0 Å². The monoisotopic (exact) mass is 343 g/mol. The number of nitrogens with one attached hydrogen (secondary N) is 2. The summed E-state index contributed by atoms with van der Waals surface area (Å²) in [7, 11) is 0. The van der Waals surface area contributed by atoms with Crippen LogP contribution in [0.2, 0.25) is 0 Å². The van der Waals surface area contributed by atoms with Gasteiger partial charge in [0.05, 0.1) is 17.3 Å². The summed E-state index contributed by atoms with van der Waals surface area (Å²) in [5.41, 5.74) is 3.99. The number of nitrogens with zero attached hydrogens (tertiary/aromatic N) is 1. The molecule has 6 heteroatoms. The third kappa shape index (κ3) is 5.38. The van der Waals surface area contributed by atoms with Gasteiger partial charge in [0.2, 0.25) is 11.8 Å². The fourth-order valence-electron chi connectivity index (χ4n) is 2.36. The van der Waals surface area contributed by atoms with Crippen LogP contribution in [-0.2, 0) is 9.59 Å². The predicted octanol–water partition coefficient (Wildman–Crippen LogP) is 2.85. The Labute approximate surface area is 146 Å². The molecule has 1 aromatic carbocycles. The molecular formula is C18H21N3O2S. The van der Waals surface area contributed by atoms with Gasteiger partial charge in [0.25, 0.3) is 0 Å². The first-order chi connectivity index (χ1) is 11.5. The number of pyridine rings is 1. The number of carbonyl (C=O) groups excluding carboxylic acids is 2. The summed E-state index contributed by atoms with van der Waals surface area (Å²) in [5, 5.41) is 6.27. The summed E-state index contributed by atoms with van der Waals surface area (Å²) >= 11 is 1.34. The highest BCUT2D eigenvalue weighted by atomic mass is 32.2. The number of carbonyl (C=O) groups is 2. The van der Waals surface area contributed by atoms with Crippen molar-refractivity contribution in [2.45, 2.75) is 25.8 Å². The van der Waals surface area contributed by atoms with Gasteiger partial charge in [-0.25, -0.2) is 4.98 Å². The molecule has 0 atom stereocenters. The number of benzene rings is 1. The van der Waals surface area contributed by atoms with Gasteiger partial charge < -0.3 is 10.6 Å². The summed E-state index contributed by atoms with van der Waals surface area (Å²) in [5.74, 6) is -0.202. The third-order valence-electron chi connectivity index (χ3n) is 3.38. The van der Waals surface area contributed by atoms with E-state index < -0.39 is 0 Å². The van der Waals surface area contributed by atoms with E-state index in [4.69, 9.17) is 0 Å². The fraction of sp³-hybridized carbons (Fsp3) is 0.278. The number of hydrogen-bond acceptors (Lipinski definition) is 4. The Bertz CT molecular complexity index is 709. The van der Waals surface area contributed by atoms with Crippen LogP contribution in [0.5, 0.6) is 0 Å². The van der Waals surface area contributed by atoms with Crippen molar-refractivity contribution < 1.29 is 9.59 Å². The second-order valence-corrected chi connectivity index (χ2v) is 6.55. The second-order valence-electron chi connectivity index (χ2n) is 5.56. The molecule has 0 aliphatic carbocycles. The third-order valence-corrected chi connectivity index (χ3v) is 4.32. The van der Waals surface area contributed by atoms with Gasteiger partial charge in [-0.05, 0) is 44.0 Å². The van der Waals surface area contributed by atoms with Crippen molar-refractivity contribution in [1.82, 2.24) is 10.3 Å². The van der Waals surface area contributed by atoms with Crippen LogP contribution in [0, 0.1) is 20.8 Å². The molecule has 0 spiro atoms. The van der Waals surface area contributed by atoms with E-state index in [9.17, 15) is 9.59 Å². The number of rotatable bonds is 6. The van der Waals surface area contributed by atoms with Gasteiger partial charge in [-0.15, -0.1) is 0 Å². The van der Waals surface area contributed by atoms with Crippen LogP contribution in [0.3, 0.4) is 0 Å². The Morgan fingerprint density at radius 3 is 2.42 bits per heavy atom. The molecule has 0 fully saturated rings. The van der Waals surface area contributed by atoms with Crippen LogP contribution in [0.15, 0.2) is 41.6 Å². The van der Waals surface area contributed by atoms with Crippen LogP contribution in [-0.4, -0.2) is 29.1 Å². The number of thioether (sulfide) groups is 1. The van der Waals surface area contributed by atoms with Crippen LogP contribution >= 0.6 is 11.8 Å². The zero-order chi connectivity index (χ0) is 17.5. The van der Waals surface area contributed by atoms with Crippen molar-refractivity contribution >= 4 is 29.3 Å². The van der Waals surface area contributed by atoms with Crippen molar-refractivity contribution in [3.8, 4) is 0 Å². The normalized spacial score (nSPS) is 10.3. The molecule has 0 saturated carbocycles. The minimum absolute atomic E-state index is 0.0473. The zero-order valence-corrected chi connectivity index (χ0v) is 14.9. The maximum Gasteiger partial charge on any atom is 0.243 e. The lowest BCUT2D eigenvalue weighted by Gasteiger charge is -2.13. The highest BCUT2D eigenvalue weighted by Gasteiger charge is 2.10. The van der Waals surface area contributed by atoms with E-state index >= 15 is 0 Å². The van der Waals surface area contributed by atoms with E-state index in [0.717, 1.165) is 27.4 Å².